The minimum atomic E-state index is -4.85. The Morgan fingerprint density at radius 1 is 0.582 bits per heavy atom. The van der Waals surface area contributed by atoms with E-state index in [9.17, 15) is 29.5 Å². The van der Waals surface area contributed by atoms with Crippen LogP contribution in [0.2, 0.25) is 0 Å². The van der Waals surface area contributed by atoms with E-state index in [2.05, 4.69) is 25.3 Å². The van der Waals surface area contributed by atoms with Gasteiger partial charge in [0.1, 0.15) is 6.61 Å². The monoisotopic (exact) mass is 801 g/mol. The molecule has 5 N–H and O–H groups in total. The van der Waals surface area contributed by atoms with E-state index in [0.717, 1.165) is 50.9 Å². The summed E-state index contributed by atoms with van der Waals surface area (Å²) in [4.78, 5) is 42.9. The van der Waals surface area contributed by atoms with Crippen LogP contribution in [0.4, 0.5) is 0 Å². The Bertz CT molecular complexity index is 1100. The van der Waals surface area contributed by atoms with E-state index in [4.69, 9.17) is 19.3 Å². The molecule has 320 valence electrons. The van der Waals surface area contributed by atoms with E-state index < -0.39 is 57.4 Å². The van der Waals surface area contributed by atoms with E-state index in [-0.39, 0.29) is 25.7 Å². The van der Waals surface area contributed by atoms with Crippen LogP contribution in [0.5, 0.6) is 0 Å². The Morgan fingerprint density at radius 3 is 1.62 bits per heavy atom. The van der Waals surface area contributed by atoms with Crippen molar-refractivity contribution in [3.8, 4) is 0 Å². The number of allylic oxidation sites excluding steroid dienone is 6. The normalized spacial score (nSPS) is 14.8. The maximum Gasteiger partial charge on any atom is 0.469 e. The van der Waals surface area contributed by atoms with Gasteiger partial charge in [-0.1, -0.05) is 179 Å². The number of esters is 2. The Labute approximate surface area is 332 Å². The van der Waals surface area contributed by atoms with Crippen LogP contribution in [-0.4, -0.2) is 74.7 Å². The minimum Gasteiger partial charge on any atom is -0.462 e. The van der Waals surface area contributed by atoms with E-state index in [1.54, 1.807) is 42.5 Å². The molecule has 0 saturated heterocycles. The largest absolute Gasteiger partial charge is 0.469 e. The molecule has 0 unspecified atom stereocenters. The van der Waals surface area contributed by atoms with E-state index >= 15 is 0 Å². The van der Waals surface area contributed by atoms with Gasteiger partial charge in [0.05, 0.1) is 24.9 Å². The van der Waals surface area contributed by atoms with Crippen molar-refractivity contribution in [1.82, 2.24) is 0 Å². The Morgan fingerprint density at radius 2 is 1.07 bits per heavy atom. The first-order chi connectivity index (χ1) is 26.3. The molecular weight excluding hydrogens is 723 g/mol. The topological polar surface area (TPSA) is 180 Å². The molecule has 0 aromatic carbocycles. The van der Waals surface area contributed by atoms with Crippen LogP contribution in [0.25, 0.3) is 0 Å². The number of hydrogen-bond donors (Lipinski definition) is 5. The van der Waals surface area contributed by atoms with E-state index in [1.165, 1.54) is 76.7 Å². The summed E-state index contributed by atoms with van der Waals surface area (Å²) in [5.74, 6) is -0.398. The summed E-state index contributed by atoms with van der Waals surface area (Å²) in [6, 6.07) is 0. The van der Waals surface area contributed by atoms with Gasteiger partial charge in [0.25, 0.3) is 0 Å². The molecule has 0 spiro atoms. The van der Waals surface area contributed by atoms with Crippen LogP contribution < -0.4 is 0 Å². The number of phosphoric ester groups is 1. The van der Waals surface area contributed by atoms with Gasteiger partial charge in [-0.25, -0.2) is 4.57 Å². The van der Waals surface area contributed by atoms with Crippen LogP contribution in [-0.2, 0) is 28.2 Å². The first-order valence-corrected chi connectivity index (χ1v) is 22.6. The second-order valence-corrected chi connectivity index (χ2v) is 16.3. The van der Waals surface area contributed by atoms with Crippen molar-refractivity contribution in [2.45, 2.75) is 193 Å². The lowest BCUT2D eigenvalue weighted by atomic mass is 10.0. The number of ether oxygens (including phenoxy) is 2. The third kappa shape index (κ3) is 38.5. The van der Waals surface area contributed by atoms with Crippen molar-refractivity contribution < 1.29 is 53.3 Å². The van der Waals surface area contributed by atoms with Gasteiger partial charge in [-0.05, 0) is 31.6 Å². The summed E-state index contributed by atoms with van der Waals surface area (Å²) in [5, 5.41) is 30.3. The average Bonchev–Trinajstić information content (AvgIpc) is 3.13. The molecule has 0 aromatic rings. The first kappa shape index (κ1) is 52.9. The summed E-state index contributed by atoms with van der Waals surface area (Å²) in [6.07, 6.45) is 32.0. The molecule has 0 fully saturated rings. The van der Waals surface area contributed by atoms with Crippen molar-refractivity contribution in [2.24, 2.45) is 5.92 Å². The fourth-order valence-electron chi connectivity index (χ4n) is 5.82. The maximum absolute atomic E-state index is 12.4. The van der Waals surface area contributed by atoms with Crippen molar-refractivity contribution in [1.29, 1.82) is 0 Å². The van der Waals surface area contributed by atoms with Crippen LogP contribution >= 0.6 is 7.82 Å². The number of phosphoric acid groups is 1. The predicted octanol–water partition coefficient (Wildman–Crippen LogP) is 9.51. The molecular formula is C43H77O11P. The van der Waals surface area contributed by atoms with Crippen LogP contribution in [0.1, 0.15) is 168 Å². The summed E-state index contributed by atoms with van der Waals surface area (Å²) in [5.41, 5.74) is 0. The second-order valence-electron chi connectivity index (χ2n) is 15.0. The highest BCUT2D eigenvalue weighted by atomic mass is 31.2. The molecule has 55 heavy (non-hydrogen) atoms. The summed E-state index contributed by atoms with van der Waals surface area (Å²) < 4.78 is 26.2. The summed E-state index contributed by atoms with van der Waals surface area (Å²) in [7, 11) is -4.85. The highest BCUT2D eigenvalue weighted by Gasteiger charge is 2.23. The number of rotatable bonds is 37. The van der Waals surface area contributed by atoms with Gasteiger partial charge in [-0.15, -0.1) is 0 Å². The Balaban J connectivity index is 4.24. The number of carbonyl (C=O) groups excluding carboxylic acids is 2. The van der Waals surface area contributed by atoms with Crippen molar-refractivity contribution >= 4 is 19.8 Å². The number of carbonyl (C=O) groups is 2. The molecule has 0 rings (SSSR count). The Hall–Kier alpha value is -2.11. The maximum atomic E-state index is 12.4. The van der Waals surface area contributed by atoms with Crippen LogP contribution in [0.3, 0.4) is 0 Å². The van der Waals surface area contributed by atoms with E-state index in [1.807, 2.05) is 0 Å². The van der Waals surface area contributed by atoms with Gasteiger partial charge in [0.15, 0.2) is 6.10 Å². The second kappa shape index (κ2) is 36.2. The molecule has 0 radical (unpaired) electrons. The highest BCUT2D eigenvalue weighted by Crippen LogP contribution is 2.36. The molecule has 0 aliphatic heterocycles. The van der Waals surface area contributed by atoms with Crippen LogP contribution in [0.15, 0.2) is 48.6 Å². The van der Waals surface area contributed by atoms with Gasteiger partial charge in [0.2, 0.25) is 0 Å². The quantitative estimate of drug-likeness (QED) is 0.0175. The number of aliphatic hydroxyl groups excluding tert-OH is 3. The number of aliphatic hydroxyl groups is 3. The van der Waals surface area contributed by atoms with Crippen molar-refractivity contribution in [2.75, 3.05) is 13.2 Å². The summed E-state index contributed by atoms with van der Waals surface area (Å²) >= 11 is 0. The van der Waals surface area contributed by atoms with Gasteiger partial charge < -0.3 is 34.6 Å². The van der Waals surface area contributed by atoms with Crippen LogP contribution in [0, 0.1) is 5.92 Å². The number of hydrogen-bond acceptors (Lipinski definition) is 9. The molecule has 0 bridgehead atoms. The smallest absolute Gasteiger partial charge is 0.462 e. The molecule has 0 saturated carbocycles. The third-order valence-corrected chi connectivity index (χ3v) is 9.63. The van der Waals surface area contributed by atoms with Gasteiger partial charge in [0, 0.05) is 12.8 Å². The van der Waals surface area contributed by atoms with Gasteiger partial charge in [-0.2, -0.15) is 0 Å². The third-order valence-electron chi connectivity index (χ3n) is 9.14. The fourth-order valence-corrected chi connectivity index (χ4v) is 6.18. The number of unbranched alkanes of at least 4 members (excludes halogenated alkanes) is 15. The van der Waals surface area contributed by atoms with Crippen molar-refractivity contribution in [3.63, 3.8) is 0 Å². The zero-order chi connectivity index (χ0) is 41.0. The molecule has 0 amide bonds. The molecule has 4 atom stereocenters. The minimum absolute atomic E-state index is 0.0904. The molecule has 0 aliphatic rings. The highest BCUT2D eigenvalue weighted by molar-refractivity contribution is 7.46. The standard InChI is InChI=1S/C43H77O11P/c1-4-5-22-29-38(44)30-24-19-16-17-20-25-31-40(45)41(46)32-27-34-43(48)54-39(36-53-55(49,50)51)35-52-42(47)33-26-21-15-13-11-9-7-6-8-10-12-14-18-23-28-37(2)3/h16-17,19-20,24-25,30-31,37-41,44-46H,4-15,18,21-23,26-29,32-36H2,1-3H3,(H2,49,50,51)/b19-16-,20-17+,30-24+,31-25+/t38-,39+,40-,41-/m0/s1. The lowest BCUT2D eigenvalue weighted by molar-refractivity contribution is -0.161. The molecule has 0 aromatic heterocycles. The Kier molecular flexibility index (Phi) is 34.9. The average molecular weight is 801 g/mol. The fraction of sp³-hybridized carbons (Fsp3) is 0.767. The lowest BCUT2D eigenvalue weighted by Gasteiger charge is -2.19. The molecule has 11 nitrogen and oxygen atoms in total. The molecule has 0 heterocycles. The predicted molar refractivity (Wildman–Crippen MR) is 220 cm³/mol. The lowest BCUT2D eigenvalue weighted by Crippen LogP contribution is -2.29. The molecule has 0 aliphatic carbocycles. The SMILES string of the molecule is CCCCC[C@H](O)/C=C/C=C\C=C\C=C\[C@H](O)[C@@H](O)CCCC(=O)O[C@H](COC(=O)CCCCCCCCCCCCCCCCC(C)C)COP(=O)(O)O. The van der Waals surface area contributed by atoms with E-state index in [0.29, 0.717) is 6.42 Å². The zero-order valence-electron chi connectivity index (χ0n) is 34.3. The molecule has 12 heteroatoms. The zero-order valence-corrected chi connectivity index (χ0v) is 35.2. The summed E-state index contributed by atoms with van der Waals surface area (Å²) in [6.45, 7) is 5.63. The van der Waals surface area contributed by atoms with Gasteiger partial charge >= 0.3 is 19.8 Å². The van der Waals surface area contributed by atoms with Crippen molar-refractivity contribution in [3.05, 3.63) is 48.6 Å². The van der Waals surface area contributed by atoms with Gasteiger partial charge in [-0.3, -0.25) is 14.1 Å². The first-order valence-electron chi connectivity index (χ1n) is 21.1.